The molecule has 0 spiro atoms. The van der Waals surface area contributed by atoms with Crippen molar-refractivity contribution in [1.29, 1.82) is 0 Å². The zero-order chi connectivity index (χ0) is 15.2. The molecule has 0 saturated carbocycles. The lowest BCUT2D eigenvalue weighted by Gasteiger charge is -2.09. The van der Waals surface area contributed by atoms with E-state index in [1.54, 1.807) is 0 Å². The fraction of sp³-hybridized carbons (Fsp3) is 0.500. The number of aryl methyl sites for hydroxylation is 1. The van der Waals surface area contributed by atoms with Crippen LogP contribution in [0.3, 0.4) is 0 Å². The van der Waals surface area contributed by atoms with Gasteiger partial charge in [-0.1, -0.05) is 18.2 Å². The number of carbonyl (C=O) groups excluding carboxylic acids is 1. The van der Waals surface area contributed by atoms with Crippen molar-refractivity contribution >= 4 is 16.8 Å². The second kappa shape index (κ2) is 7.45. The van der Waals surface area contributed by atoms with Gasteiger partial charge in [-0.05, 0) is 55.8 Å². The van der Waals surface area contributed by atoms with Crippen LogP contribution in [0, 0.1) is 5.92 Å². The number of fused-ring (bicyclic) bond motifs is 1. The molecule has 3 rings (SSSR count). The molecule has 0 aliphatic carbocycles. The highest BCUT2D eigenvalue weighted by molar-refractivity contribution is 5.79. The number of rotatable bonds is 7. The summed E-state index contributed by atoms with van der Waals surface area (Å²) in [6.45, 7) is 3.89. The predicted octanol–water partition coefficient (Wildman–Crippen LogP) is 2.54. The summed E-state index contributed by atoms with van der Waals surface area (Å²) in [7, 11) is 0. The Labute approximate surface area is 131 Å². The maximum absolute atomic E-state index is 11.8. The topological polar surface area (TPSA) is 46.1 Å². The molecule has 2 heterocycles. The van der Waals surface area contributed by atoms with E-state index in [1.807, 2.05) is 0 Å². The van der Waals surface area contributed by atoms with Crippen LogP contribution in [0.4, 0.5) is 0 Å². The van der Waals surface area contributed by atoms with Crippen molar-refractivity contribution < 1.29 is 4.79 Å². The Bertz CT molecular complexity index is 614. The second-order valence-corrected chi connectivity index (χ2v) is 6.17. The molecule has 22 heavy (non-hydrogen) atoms. The van der Waals surface area contributed by atoms with Crippen molar-refractivity contribution in [3.8, 4) is 0 Å². The lowest BCUT2D eigenvalue weighted by Crippen LogP contribution is -2.25. The first-order valence-electron chi connectivity index (χ1n) is 8.34. The first-order chi connectivity index (χ1) is 10.8. The van der Waals surface area contributed by atoms with Crippen LogP contribution >= 0.6 is 0 Å². The Hall–Kier alpha value is -1.81. The second-order valence-electron chi connectivity index (χ2n) is 6.17. The Morgan fingerprint density at radius 3 is 3.09 bits per heavy atom. The molecule has 0 bridgehead atoms. The highest BCUT2D eigenvalue weighted by atomic mass is 16.1. The number of nitrogens with zero attached hydrogens (tertiary/aromatic N) is 1. The van der Waals surface area contributed by atoms with E-state index in [-0.39, 0.29) is 5.91 Å². The zero-order valence-electron chi connectivity index (χ0n) is 13.1. The molecule has 1 amide bonds. The van der Waals surface area contributed by atoms with Crippen molar-refractivity contribution in [3.63, 3.8) is 0 Å². The predicted molar refractivity (Wildman–Crippen MR) is 89.8 cm³/mol. The van der Waals surface area contributed by atoms with Crippen LogP contribution in [0.5, 0.6) is 0 Å². The molecule has 1 aromatic carbocycles. The van der Waals surface area contributed by atoms with Gasteiger partial charge in [0.15, 0.2) is 0 Å². The van der Waals surface area contributed by atoms with Gasteiger partial charge in [0.25, 0.3) is 0 Å². The van der Waals surface area contributed by atoms with E-state index in [9.17, 15) is 4.79 Å². The van der Waals surface area contributed by atoms with Crippen LogP contribution in [-0.2, 0) is 11.3 Å². The zero-order valence-corrected chi connectivity index (χ0v) is 13.1. The Morgan fingerprint density at radius 1 is 1.32 bits per heavy atom. The van der Waals surface area contributed by atoms with Gasteiger partial charge in [-0.15, -0.1) is 0 Å². The smallest absolute Gasteiger partial charge is 0.220 e. The molecule has 118 valence electrons. The molecule has 1 saturated heterocycles. The Morgan fingerprint density at radius 2 is 2.23 bits per heavy atom. The fourth-order valence-corrected chi connectivity index (χ4v) is 3.20. The van der Waals surface area contributed by atoms with Gasteiger partial charge in [-0.25, -0.2) is 0 Å². The molecule has 2 aromatic rings. The lowest BCUT2D eigenvalue weighted by atomic mass is 10.0. The van der Waals surface area contributed by atoms with E-state index in [0.29, 0.717) is 12.3 Å². The molecule has 0 radical (unpaired) electrons. The quantitative estimate of drug-likeness (QED) is 0.772. The van der Waals surface area contributed by atoms with Crippen molar-refractivity contribution in [3.05, 3.63) is 36.5 Å². The van der Waals surface area contributed by atoms with E-state index >= 15 is 0 Å². The maximum atomic E-state index is 11.8. The number of hydrogen-bond donors (Lipinski definition) is 2. The van der Waals surface area contributed by atoms with Crippen molar-refractivity contribution in [2.45, 2.75) is 32.2 Å². The van der Waals surface area contributed by atoms with Crippen LogP contribution in [0.2, 0.25) is 0 Å². The first-order valence-corrected chi connectivity index (χ1v) is 8.34. The number of para-hydroxylation sites is 1. The van der Waals surface area contributed by atoms with Gasteiger partial charge in [-0.3, -0.25) is 4.79 Å². The third-order valence-corrected chi connectivity index (χ3v) is 4.52. The van der Waals surface area contributed by atoms with Gasteiger partial charge in [0.2, 0.25) is 5.91 Å². The first kappa shape index (κ1) is 15.1. The van der Waals surface area contributed by atoms with Gasteiger partial charge < -0.3 is 15.2 Å². The highest BCUT2D eigenvalue weighted by Crippen LogP contribution is 2.15. The number of carbonyl (C=O) groups is 1. The average Bonchev–Trinajstić information content (AvgIpc) is 3.19. The summed E-state index contributed by atoms with van der Waals surface area (Å²) < 4.78 is 2.26. The van der Waals surface area contributed by atoms with E-state index < -0.39 is 0 Å². The van der Waals surface area contributed by atoms with E-state index in [0.717, 1.165) is 39.0 Å². The maximum Gasteiger partial charge on any atom is 0.220 e. The molecular formula is C18H25N3O. The van der Waals surface area contributed by atoms with Crippen LogP contribution < -0.4 is 10.6 Å². The van der Waals surface area contributed by atoms with Gasteiger partial charge in [0.05, 0.1) is 0 Å². The Balaban J connectivity index is 1.35. The number of hydrogen-bond acceptors (Lipinski definition) is 2. The van der Waals surface area contributed by atoms with Crippen LogP contribution in [0.1, 0.15) is 25.7 Å². The molecule has 1 unspecified atom stereocenters. The van der Waals surface area contributed by atoms with Crippen molar-refractivity contribution in [2.24, 2.45) is 5.92 Å². The third kappa shape index (κ3) is 3.89. The van der Waals surface area contributed by atoms with Gasteiger partial charge in [0.1, 0.15) is 0 Å². The monoisotopic (exact) mass is 299 g/mol. The summed E-state index contributed by atoms with van der Waals surface area (Å²) in [6.07, 6.45) is 5.99. The largest absolute Gasteiger partial charge is 0.356 e. The number of nitrogens with one attached hydrogen (secondary N) is 2. The molecule has 4 heteroatoms. The molecule has 1 aliphatic rings. The SMILES string of the molecule is O=C(CCC1CCNC1)NCCCn1ccc2ccccc21. The number of benzene rings is 1. The normalized spacial score (nSPS) is 17.9. The Kier molecular flexibility index (Phi) is 5.11. The minimum Gasteiger partial charge on any atom is -0.356 e. The minimum atomic E-state index is 0.198. The number of aromatic nitrogens is 1. The molecular weight excluding hydrogens is 274 g/mol. The van der Waals surface area contributed by atoms with Gasteiger partial charge >= 0.3 is 0 Å². The van der Waals surface area contributed by atoms with E-state index in [4.69, 9.17) is 0 Å². The highest BCUT2D eigenvalue weighted by Gasteiger charge is 2.15. The van der Waals surface area contributed by atoms with Crippen molar-refractivity contribution in [1.82, 2.24) is 15.2 Å². The summed E-state index contributed by atoms with van der Waals surface area (Å²) >= 11 is 0. The summed E-state index contributed by atoms with van der Waals surface area (Å²) in [6, 6.07) is 10.5. The van der Waals surface area contributed by atoms with E-state index in [2.05, 4.69) is 51.7 Å². The van der Waals surface area contributed by atoms with Gasteiger partial charge in [-0.2, -0.15) is 0 Å². The van der Waals surface area contributed by atoms with Crippen LogP contribution in [-0.4, -0.2) is 30.1 Å². The lowest BCUT2D eigenvalue weighted by molar-refractivity contribution is -0.121. The fourth-order valence-electron chi connectivity index (χ4n) is 3.20. The van der Waals surface area contributed by atoms with Crippen molar-refractivity contribution in [2.75, 3.05) is 19.6 Å². The molecule has 4 nitrogen and oxygen atoms in total. The van der Waals surface area contributed by atoms with E-state index in [1.165, 1.54) is 17.3 Å². The third-order valence-electron chi connectivity index (χ3n) is 4.52. The summed E-state index contributed by atoms with van der Waals surface area (Å²) in [4.78, 5) is 11.8. The van der Waals surface area contributed by atoms with Gasteiger partial charge in [0, 0.05) is 31.2 Å². The number of amides is 1. The summed E-state index contributed by atoms with van der Waals surface area (Å²) in [5.74, 6) is 0.890. The summed E-state index contributed by atoms with van der Waals surface area (Å²) in [5, 5.41) is 7.66. The average molecular weight is 299 g/mol. The van der Waals surface area contributed by atoms with Crippen LogP contribution in [0.15, 0.2) is 36.5 Å². The molecule has 1 aliphatic heterocycles. The molecule has 1 fully saturated rings. The molecule has 1 aromatic heterocycles. The minimum absolute atomic E-state index is 0.198. The standard InChI is InChI=1S/C18H25N3O/c22-18(7-6-15-8-11-19-14-15)20-10-3-12-21-13-9-16-4-1-2-5-17(16)21/h1-2,4-5,9,13,15,19H,3,6-8,10-12,14H2,(H,20,22). The van der Waals surface area contributed by atoms with Crippen LogP contribution in [0.25, 0.3) is 10.9 Å². The molecule has 2 N–H and O–H groups in total. The molecule has 1 atom stereocenters. The summed E-state index contributed by atoms with van der Waals surface area (Å²) in [5.41, 5.74) is 1.27.